The molecule has 0 saturated carbocycles. The van der Waals surface area contributed by atoms with E-state index in [0.29, 0.717) is 17.4 Å². The van der Waals surface area contributed by atoms with E-state index in [2.05, 4.69) is 43.5 Å². The van der Waals surface area contributed by atoms with Gasteiger partial charge in [-0.3, -0.25) is 13.8 Å². The molecule has 0 rings (SSSR count). The van der Waals surface area contributed by atoms with Gasteiger partial charge in [-0.15, -0.1) is 0 Å². The van der Waals surface area contributed by atoms with Crippen LogP contribution in [0.15, 0.2) is 36.5 Å². The summed E-state index contributed by atoms with van der Waals surface area (Å²) in [5, 5.41) is 13.8. The first-order valence-corrected chi connectivity index (χ1v) is 23.4. The largest absolute Gasteiger partial charge is 0.472 e. The lowest BCUT2D eigenvalue weighted by Gasteiger charge is -2.25. The molecule has 3 atom stereocenters. The van der Waals surface area contributed by atoms with Crippen molar-refractivity contribution >= 4 is 13.7 Å². The number of rotatable bonds is 39. The van der Waals surface area contributed by atoms with Crippen molar-refractivity contribution in [2.75, 3.05) is 40.9 Å². The Labute approximate surface area is 327 Å². The van der Waals surface area contributed by atoms with E-state index in [9.17, 15) is 19.4 Å². The van der Waals surface area contributed by atoms with Gasteiger partial charge in [-0.25, -0.2) is 4.57 Å². The molecule has 0 aromatic rings. The van der Waals surface area contributed by atoms with Gasteiger partial charge in [0.1, 0.15) is 13.2 Å². The maximum absolute atomic E-state index is 12.8. The molecule has 0 radical (unpaired) electrons. The molecule has 312 valence electrons. The van der Waals surface area contributed by atoms with E-state index < -0.39 is 20.0 Å². The number of quaternary nitrogens is 1. The number of carbonyl (C=O) groups excluding carboxylic acids is 1. The molecule has 1 amide bonds. The van der Waals surface area contributed by atoms with Gasteiger partial charge in [-0.05, 0) is 51.4 Å². The third-order valence-electron chi connectivity index (χ3n) is 9.60. The Bertz CT molecular complexity index is 964. The summed E-state index contributed by atoms with van der Waals surface area (Å²) in [7, 11) is 1.56. The Morgan fingerprint density at radius 3 is 1.57 bits per heavy atom. The van der Waals surface area contributed by atoms with Crippen molar-refractivity contribution in [2.45, 2.75) is 199 Å². The van der Waals surface area contributed by atoms with E-state index in [1.807, 2.05) is 27.2 Å². The quantitative estimate of drug-likeness (QED) is 0.0249. The van der Waals surface area contributed by atoms with Crippen molar-refractivity contribution in [3.05, 3.63) is 36.5 Å². The second-order valence-electron chi connectivity index (χ2n) is 16.1. The lowest BCUT2D eigenvalue weighted by atomic mass is 10.0. The average Bonchev–Trinajstić information content (AvgIpc) is 3.10. The number of hydrogen-bond acceptors (Lipinski definition) is 5. The highest BCUT2D eigenvalue weighted by atomic mass is 31.2. The van der Waals surface area contributed by atoms with Crippen molar-refractivity contribution < 1.29 is 32.9 Å². The van der Waals surface area contributed by atoms with Crippen LogP contribution in [0.2, 0.25) is 0 Å². The molecule has 0 aromatic heterocycles. The maximum Gasteiger partial charge on any atom is 0.472 e. The van der Waals surface area contributed by atoms with Crippen LogP contribution >= 0.6 is 7.82 Å². The van der Waals surface area contributed by atoms with Crippen molar-refractivity contribution in [3.63, 3.8) is 0 Å². The third-order valence-corrected chi connectivity index (χ3v) is 10.6. The minimum Gasteiger partial charge on any atom is -0.387 e. The molecule has 0 aliphatic carbocycles. The lowest BCUT2D eigenvalue weighted by molar-refractivity contribution is -0.870. The lowest BCUT2D eigenvalue weighted by Crippen LogP contribution is -2.45. The molecule has 0 fully saturated rings. The first-order chi connectivity index (χ1) is 25.5. The van der Waals surface area contributed by atoms with Crippen molar-refractivity contribution in [2.24, 2.45) is 0 Å². The van der Waals surface area contributed by atoms with Crippen LogP contribution in [0, 0.1) is 0 Å². The number of amides is 1. The smallest absolute Gasteiger partial charge is 0.387 e. The molecule has 8 nitrogen and oxygen atoms in total. The monoisotopic (exact) mass is 770 g/mol. The summed E-state index contributed by atoms with van der Waals surface area (Å²) in [5.41, 5.74) is 0. The van der Waals surface area contributed by atoms with Crippen molar-refractivity contribution in [1.29, 1.82) is 0 Å². The molecule has 0 aliphatic rings. The second kappa shape index (κ2) is 36.4. The van der Waals surface area contributed by atoms with Crippen LogP contribution in [-0.4, -0.2) is 73.4 Å². The molecule has 0 bridgehead atoms. The summed E-state index contributed by atoms with van der Waals surface area (Å²) in [6, 6.07) is -0.848. The number of carbonyl (C=O) groups is 1. The normalized spacial score (nSPS) is 14.8. The van der Waals surface area contributed by atoms with Crippen LogP contribution in [0.25, 0.3) is 0 Å². The number of hydrogen-bond donors (Lipinski definition) is 3. The average molecular weight is 770 g/mol. The number of nitrogens with one attached hydrogen (secondary N) is 1. The van der Waals surface area contributed by atoms with Crippen LogP contribution in [0.3, 0.4) is 0 Å². The van der Waals surface area contributed by atoms with Gasteiger partial charge in [0.25, 0.3) is 0 Å². The Morgan fingerprint density at radius 2 is 1.08 bits per heavy atom. The molecule has 0 heterocycles. The predicted octanol–water partition coefficient (Wildman–Crippen LogP) is 11.9. The highest BCUT2D eigenvalue weighted by Gasteiger charge is 2.27. The topological polar surface area (TPSA) is 105 Å². The minimum atomic E-state index is -4.34. The van der Waals surface area contributed by atoms with Crippen LogP contribution < -0.4 is 5.32 Å². The second-order valence-corrected chi connectivity index (χ2v) is 17.5. The third kappa shape index (κ3) is 38.8. The Hall–Kier alpha value is -1.28. The molecular formula is C44H86N2O6P+. The highest BCUT2D eigenvalue weighted by Crippen LogP contribution is 2.43. The molecule has 0 aliphatic heterocycles. The number of unbranched alkanes of at least 4 members (excludes halogenated alkanes) is 22. The summed E-state index contributed by atoms with van der Waals surface area (Å²) in [6.45, 7) is 4.78. The first-order valence-electron chi connectivity index (χ1n) is 21.9. The van der Waals surface area contributed by atoms with Crippen molar-refractivity contribution in [1.82, 2.24) is 5.32 Å². The number of likely N-dealkylation sites (N-methyl/N-ethyl adjacent to an activating group) is 1. The van der Waals surface area contributed by atoms with Crippen molar-refractivity contribution in [3.8, 4) is 0 Å². The zero-order valence-corrected chi connectivity index (χ0v) is 36.1. The Morgan fingerprint density at radius 1 is 0.642 bits per heavy atom. The number of aliphatic hydroxyl groups is 1. The molecule has 0 saturated heterocycles. The molecule has 53 heavy (non-hydrogen) atoms. The van der Waals surface area contributed by atoms with E-state index in [0.717, 1.165) is 51.4 Å². The van der Waals surface area contributed by atoms with Gasteiger partial charge < -0.3 is 19.8 Å². The van der Waals surface area contributed by atoms with Gasteiger partial charge in [-0.2, -0.15) is 0 Å². The molecule has 0 aromatic carbocycles. The molecule has 3 unspecified atom stereocenters. The number of aliphatic hydroxyl groups excluding tert-OH is 1. The zero-order valence-electron chi connectivity index (χ0n) is 35.3. The van der Waals surface area contributed by atoms with Crippen LogP contribution in [-0.2, 0) is 18.4 Å². The summed E-state index contributed by atoms with van der Waals surface area (Å²) < 4.78 is 23.5. The number of phosphoric ester groups is 1. The van der Waals surface area contributed by atoms with Gasteiger partial charge in [-0.1, -0.05) is 166 Å². The van der Waals surface area contributed by atoms with E-state index in [4.69, 9.17) is 9.05 Å². The fourth-order valence-corrected chi connectivity index (χ4v) is 6.81. The van der Waals surface area contributed by atoms with E-state index >= 15 is 0 Å². The summed E-state index contributed by atoms with van der Waals surface area (Å²) in [5.74, 6) is -0.187. The van der Waals surface area contributed by atoms with Gasteiger partial charge in [0.2, 0.25) is 5.91 Å². The Kier molecular flexibility index (Phi) is 35.5. The fraction of sp³-hybridized carbons (Fsp3) is 0.841. The maximum atomic E-state index is 12.8. The highest BCUT2D eigenvalue weighted by molar-refractivity contribution is 7.47. The van der Waals surface area contributed by atoms with E-state index in [-0.39, 0.29) is 19.1 Å². The molecular weight excluding hydrogens is 683 g/mol. The van der Waals surface area contributed by atoms with Gasteiger partial charge in [0.05, 0.1) is 39.9 Å². The first kappa shape index (κ1) is 51.7. The Balaban J connectivity index is 4.44. The van der Waals surface area contributed by atoms with Crippen LogP contribution in [0.1, 0.15) is 187 Å². The predicted molar refractivity (Wildman–Crippen MR) is 226 cm³/mol. The minimum absolute atomic E-state index is 0.0595. The van der Waals surface area contributed by atoms with E-state index in [1.165, 1.54) is 116 Å². The fourth-order valence-electron chi connectivity index (χ4n) is 6.07. The standard InChI is InChI=1S/C44H85N2O6P/c1-6-8-10-12-14-16-18-20-21-22-23-24-26-28-30-32-34-36-38-44(48)45-42(41-52-53(49,50)51-40-39-46(3,4)5)43(47)37-35-33-31-29-27-25-19-17-15-13-11-9-7-2/h16,18,21-22,35,37,42-43,47H,6-15,17,19-20,23-34,36,38-41H2,1-5H3,(H-,45,48,49,50)/p+1/b18-16-,22-21-,37-35+. The molecule has 0 spiro atoms. The number of allylic oxidation sites excluding steroid dienone is 5. The zero-order chi connectivity index (χ0) is 39.3. The van der Waals surface area contributed by atoms with Crippen LogP contribution in [0.4, 0.5) is 0 Å². The number of phosphoric acid groups is 1. The SMILES string of the molecule is CCCCCC/C=C\C/C=C\CCCCCCCCCC(=O)NC(COP(=O)(O)OCC[N+](C)(C)C)C(O)/C=C/CCCCCCCCCCCCC. The number of nitrogens with zero attached hydrogens (tertiary/aromatic N) is 1. The van der Waals surface area contributed by atoms with Gasteiger partial charge in [0, 0.05) is 6.42 Å². The summed E-state index contributed by atoms with van der Waals surface area (Å²) in [4.78, 5) is 23.1. The summed E-state index contributed by atoms with van der Waals surface area (Å²) >= 11 is 0. The van der Waals surface area contributed by atoms with Gasteiger partial charge in [0.15, 0.2) is 0 Å². The van der Waals surface area contributed by atoms with E-state index in [1.54, 1.807) is 6.08 Å². The molecule has 9 heteroatoms. The van der Waals surface area contributed by atoms with Gasteiger partial charge >= 0.3 is 7.82 Å². The summed E-state index contributed by atoms with van der Waals surface area (Å²) in [6.07, 6.45) is 43.4. The molecule has 3 N–H and O–H groups in total. The van der Waals surface area contributed by atoms with Crippen LogP contribution in [0.5, 0.6) is 0 Å².